The summed E-state index contributed by atoms with van der Waals surface area (Å²) in [7, 11) is 0. The second-order valence-corrected chi connectivity index (χ2v) is 8.42. The number of nitrogens with two attached hydrogens (primary N) is 1. The van der Waals surface area contributed by atoms with Gasteiger partial charge in [0.2, 0.25) is 0 Å². The minimum absolute atomic E-state index is 0.0475. The van der Waals surface area contributed by atoms with Gasteiger partial charge in [-0.05, 0) is 54.2 Å². The molecule has 0 aromatic heterocycles. The third-order valence-electron chi connectivity index (χ3n) is 5.24. The van der Waals surface area contributed by atoms with Crippen LogP contribution in [0.3, 0.4) is 0 Å². The predicted molar refractivity (Wildman–Crippen MR) is 109 cm³/mol. The van der Waals surface area contributed by atoms with Gasteiger partial charge in [0.25, 0.3) is 0 Å². The van der Waals surface area contributed by atoms with Gasteiger partial charge in [0, 0.05) is 30.9 Å². The zero-order valence-corrected chi connectivity index (χ0v) is 16.5. The number of rotatable bonds is 3. The van der Waals surface area contributed by atoms with Crippen molar-refractivity contribution in [2.75, 3.05) is 29.0 Å². The van der Waals surface area contributed by atoms with Crippen LogP contribution < -0.4 is 16.0 Å². The summed E-state index contributed by atoms with van der Waals surface area (Å²) in [5.74, 6) is 0. The molecule has 3 rings (SSSR count). The van der Waals surface area contributed by atoms with Crippen molar-refractivity contribution in [2.45, 2.75) is 51.2 Å². The number of nitrogen functional groups attached to an aromatic ring is 1. The van der Waals surface area contributed by atoms with Crippen molar-refractivity contribution >= 4 is 17.1 Å². The number of nitrogens with one attached hydrogen (secondary N) is 1. The lowest BCUT2D eigenvalue weighted by Gasteiger charge is -2.34. The highest BCUT2D eigenvalue weighted by molar-refractivity contribution is 5.68. The Balaban J connectivity index is 1.62. The molecule has 1 aliphatic heterocycles. The number of anilines is 3. The molecule has 1 saturated heterocycles. The van der Waals surface area contributed by atoms with Crippen molar-refractivity contribution in [3.8, 4) is 0 Å². The zero-order chi connectivity index (χ0) is 20.5. The Labute approximate surface area is 164 Å². The third-order valence-corrected chi connectivity index (χ3v) is 5.24. The van der Waals surface area contributed by atoms with Crippen LogP contribution in [-0.2, 0) is 11.6 Å². The van der Waals surface area contributed by atoms with Crippen molar-refractivity contribution in [1.82, 2.24) is 0 Å². The van der Waals surface area contributed by atoms with Gasteiger partial charge in [-0.2, -0.15) is 13.2 Å². The molecule has 1 heterocycles. The van der Waals surface area contributed by atoms with Crippen molar-refractivity contribution in [2.24, 2.45) is 0 Å². The summed E-state index contributed by atoms with van der Waals surface area (Å²) in [6.45, 7) is 8.03. The molecule has 0 bridgehead atoms. The lowest BCUT2D eigenvalue weighted by molar-refractivity contribution is -0.137. The highest BCUT2D eigenvalue weighted by Crippen LogP contribution is 2.32. The number of hydrogen-bond acceptors (Lipinski definition) is 3. The Morgan fingerprint density at radius 1 is 1.04 bits per heavy atom. The largest absolute Gasteiger partial charge is 0.416 e. The SMILES string of the molecule is CC(C)(C)c1ccc(N)c(NC2CCN(c3[c]cc(C(F)(F)F)cc3)CC2)c1. The molecule has 0 amide bonds. The number of alkyl halides is 3. The first-order valence-corrected chi connectivity index (χ1v) is 9.54. The maximum absolute atomic E-state index is 12.7. The first-order valence-electron chi connectivity index (χ1n) is 9.54. The Morgan fingerprint density at radius 3 is 2.21 bits per heavy atom. The van der Waals surface area contributed by atoms with Crippen LogP contribution in [-0.4, -0.2) is 19.1 Å². The lowest BCUT2D eigenvalue weighted by Crippen LogP contribution is -2.39. The van der Waals surface area contributed by atoms with E-state index in [4.69, 9.17) is 5.73 Å². The first-order chi connectivity index (χ1) is 13.0. The van der Waals surface area contributed by atoms with Crippen LogP contribution in [0, 0.1) is 6.07 Å². The maximum atomic E-state index is 12.7. The van der Waals surface area contributed by atoms with Crippen LogP contribution >= 0.6 is 0 Å². The van der Waals surface area contributed by atoms with Crippen LogP contribution in [0.5, 0.6) is 0 Å². The van der Waals surface area contributed by atoms with E-state index in [-0.39, 0.29) is 11.5 Å². The maximum Gasteiger partial charge on any atom is 0.416 e. The van der Waals surface area contributed by atoms with Crippen molar-refractivity contribution in [3.63, 3.8) is 0 Å². The molecule has 2 aromatic carbocycles. The van der Waals surface area contributed by atoms with Gasteiger partial charge in [-0.3, -0.25) is 0 Å². The number of benzene rings is 2. The molecule has 1 fully saturated rings. The predicted octanol–water partition coefficient (Wildman–Crippen LogP) is 5.47. The summed E-state index contributed by atoms with van der Waals surface area (Å²) < 4.78 is 38.1. The van der Waals surface area contributed by atoms with Crippen molar-refractivity contribution in [3.05, 3.63) is 53.6 Å². The summed E-state index contributed by atoms with van der Waals surface area (Å²) in [5, 5.41) is 3.55. The number of halogens is 3. The van der Waals surface area contributed by atoms with Crippen LogP contribution in [0.2, 0.25) is 0 Å². The van der Waals surface area contributed by atoms with E-state index in [9.17, 15) is 13.2 Å². The number of piperidine rings is 1. The Hall–Kier alpha value is -2.37. The van der Waals surface area contributed by atoms with E-state index in [1.807, 2.05) is 6.07 Å². The average Bonchev–Trinajstić information content (AvgIpc) is 2.63. The van der Waals surface area contributed by atoms with Gasteiger partial charge in [-0.1, -0.05) is 26.8 Å². The van der Waals surface area contributed by atoms with Gasteiger partial charge in [0.1, 0.15) is 0 Å². The summed E-state index contributed by atoms with van der Waals surface area (Å²) in [5.41, 5.74) is 9.14. The molecule has 0 atom stereocenters. The summed E-state index contributed by atoms with van der Waals surface area (Å²) in [6, 6.07) is 12.8. The summed E-state index contributed by atoms with van der Waals surface area (Å²) in [4.78, 5) is 2.08. The molecular formula is C22H27F3N3. The molecule has 2 aromatic rings. The van der Waals surface area contributed by atoms with Gasteiger partial charge in [0.15, 0.2) is 0 Å². The van der Waals surface area contributed by atoms with Crippen molar-refractivity contribution < 1.29 is 13.2 Å². The highest BCUT2D eigenvalue weighted by atomic mass is 19.4. The Kier molecular flexibility index (Phi) is 5.50. The molecule has 0 aliphatic carbocycles. The van der Waals surface area contributed by atoms with Gasteiger partial charge >= 0.3 is 6.18 Å². The zero-order valence-electron chi connectivity index (χ0n) is 16.5. The number of nitrogens with zero attached hydrogens (tertiary/aromatic N) is 1. The second-order valence-electron chi connectivity index (χ2n) is 8.42. The van der Waals surface area contributed by atoms with Gasteiger partial charge in [-0.15, -0.1) is 0 Å². The molecule has 0 saturated carbocycles. The molecule has 0 spiro atoms. The standard InChI is InChI=1S/C22H27F3N3/c1-21(2,3)16-6-9-19(26)20(14-16)27-17-10-12-28(13-11-17)18-7-4-15(5-8-18)22(23,24)25/h4-7,9,14,17,27H,10-13,26H2,1-3H3. The molecule has 1 aliphatic rings. The fourth-order valence-electron chi connectivity index (χ4n) is 3.42. The summed E-state index contributed by atoms with van der Waals surface area (Å²) >= 11 is 0. The monoisotopic (exact) mass is 390 g/mol. The molecule has 6 heteroatoms. The van der Waals surface area contributed by atoms with E-state index in [0.717, 1.165) is 49.4 Å². The van der Waals surface area contributed by atoms with E-state index in [1.54, 1.807) is 0 Å². The minimum atomic E-state index is -4.33. The van der Waals surface area contributed by atoms with Crippen LogP contribution in [0.4, 0.5) is 30.2 Å². The van der Waals surface area contributed by atoms with E-state index in [2.05, 4.69) is 49.2 Å². The second kappa shape index (κ2) is 7.57. The topological polar surface area (TPSA) is 41.3 Å². The highest BCUT2D eigenvalue weighted by Gasteiger charge is 2.30. The van der Waals surface area contributed by atoms with Crippen LogP contribution in [0.1, 0.15) is 44.7 Å². The van der Waals surface area contributed by atoms with E-state index < -0.39 is 11.7 Å². The Bertz CT molecular complexity index is 799. The molecule has 151 valence electrons. The molecule has 3 nitrogen and oxygen atoms in total. The fraction of sp³-hybridized carbons (Fsp3) is 0.455. The minimum Gasteiger partial charge on any atom is -0.397 e. The van der Waals surface area contributed by atoms with Gasteiger partial charge in [-0.25, -0.2) is 0 Å². The quantitative estimate of drug-likeness (QED) is 0.683. The van der Waals surface area contributed by atoms with E-state index >= 15 is 0 Å². The fourth-order valence-corrected chi connectivity index (χ4v) is 3.42. The third kappa shape index (κ3) is 4.72. The van der Waals surface area contributed by atoms with Gasteiger partial charge in [0.05, 0.1) is 16.9 Å². The lowest BCUT2D eigenvalue weighted by atomic mass is 9.86. The van der Waals surface area contributed by atoms with Gasteiger partial charge < -0.3 is 16.0 Å². The van der Waals surface area contributed by atoms with Crippen LogP contribution in [0.15, 0.2) is 36.4 Å². The average molecular weight is 390 g/mol. The molecular weight excluding hydrogens is 363 g/mol. The Morgan fingerprint density at radius 2 is 1.68 bits per heavy atom. The molecule has 28 heavy (non-hydrogen) atoms. The van der Waals surface area contributed by atoms with Crippen molar-refractivity contribution in [1.29, 1.82) is 0 Å². The van der Waals surface area contributed by atoms with E-state index in [0.29, 0.717) is 5.69 Å². The molecule has 3 N–H and O–H groups in total. The summed E-state index contributed by atoms with van der Waals surface area (Å²) in [6.07, 6.45) is -2.56. The smallest absolute Gasteiger partial charge is 0.397 e. The van der Waals surface area contributed by atoms with E-state index in [1.165, 1.54) is 11.6 Å². The number of hydrogen-bond donors (Lipinski definition) is 2. The normalized spacial score (nSPS) is 16.3. The molecule has 0 unspecified atom stereocenters. The molecule has 1 radical (unpaired) electrons. The van der Waals surface area contributed by atoms with Crippen LogP contribution in [0.25, 0.3) is 0 Å². The first kappa shape index (κ1) is 20.4.